The molecule has 1 aliphatic heterocycles. The second kappa shape index (κ2) is 8.06. The molecule has 1 amide bonds. The smallest absolute Gasteiger partial charge is 0.312 e. The number of nitrogens with two attached hydrogens (primary N) is 1. The second-order valence-electron chi connectivity index (χ2n) is 6.37. The summed E-state index contributed by atoms with van der Waals surface area (Å²) in [5.41, 5.74) is 8.50. The van der Waals surface area contributed by atoms with Crippen molar-refractivity contribution >= 4 is 46.5 Å². The van der Waals surface area contributed by atoms with Gasteiger partial charge in [-0.2, -0.15) is 0 Å². The van der Waals surface area contributed by atoms with Gasteiger partial charge in [0.15, 0.2) is 0 Å². The number of anilines is 2. The molecule has 1 aliphatic rings. The maximum Gasteiger partial charge on any atom is 0.312 e. The van der Waals surface area contributed by atoms with Crippen LogP contribution in [0.5, 0.6) is 0 Å². The lowest BCUT2D eigenvalue weighted by Crippen LogP contribution is -2.51. The first kappa shape index (κ1) is 19.3. The Morgan fingerprint density at radius 1 is 1.07 bits per heavy atom. The zero-order valence-corrected chi connectivity index (χ0v) is 16.0. The van der Waals surface area contributed by atoms with E-state index in [0.29, 0.717) is 35.4 Å². The number of halogens is 2. The fourth-order valence-electron chi connectivity index (χ4n) is 3.30. The van der Waals surface area contributed by atoms with Crippen LogP contribution < -0.4 is 10.6 Å². The van der Waals surface area contributed by atoms with Gasteiger partial charge in [-0.3, -0.25) is 9.59 Å². The largest absolute Gasteiger partial charge is 0.481 e. The Labute approximate surface area is 167 Å². The fraction of sp³-hybridized carbons (Fsp3) is 0.263. The van der Waals surface area contributed by atoms with Gasteiger partial charge in [-0.15, -0.1) is 0 Å². The number of rotatable bonds is 4. The SMILES string of the molecule is Nc1cc(Cl)ccc1N1CCN(C(=O)CC(=O)O)CC1c1ccc(Cl)cc1. The van der Waals surface area contributed by atoms with Crippen LogP contribution in [0.3, 0.4) is 0 Å². The minimum Gasteiger partial charge on any atom is -0.481 e. The Kier molecular flexibility index (Phi) is 5.77. The van der Waals surface area contributed by atoms with Crippen molar-refractivity contribution in [1.29, 1.82) is 0 Å². The van der Waals surface area contributed by atoms with Gasteiger partial charge < -0.3 is 20.6 Å². The lowest BCUT2D eigenvalue weighted by molar-refractivity contribution is -0.144. The second-order valence-corrected chi connectivity index (χ2v) is 7.25. The van der Waals surface area contributed by atoms with Crippen molar-refractivity contribution in [3.63, 3.8) is 0 Å². The van der Waals surface area contributed by atoms with Gasteiger partial charge in [0.05, 0.1) is 17.4 Å². The minimum atomic E-state index is -1.13. The van der Waals surface area contributed by atoms with Crippen LogP contribution >= 0.6 is 23.2 Å². The molecule has 142 valence electrons. The molecular formula is C19H19Cl2N3O3. The zero-order valence-electron chi connectivity index (χ0n) is 14.4. The predicted molar refractivity (Wildman–Crippen MR) is 106 cm³/mol. The molecule has 0 bridgehead atoms. The number of nitrogens with zero attached hydrogens (tertiary/aromatic N) is 2. The highest BCUT2D eigenvalue weighted by Crippen LogP contribution is 2.35. The lowest BCUT2D eigenvalue weighted by atomic mass is 10.0. The summed E-state index contributed by atoms with van der Waals surface area (Å²) >= 11 is 12.0. The summed E-state index contributed by atoms with van der Waals surface area (Å²) in [6.45, 7) is 1.29. The molecule has 1 saturated heterocycles. The number of carboxylic acid groups (broad SMARTS) is 1. The minimum absolute atomic E-state index is 0.183. The summed E-state index contributed by atoms with van der Waals surface area (Å²) < 4.78 is 0. The summed E-state index contributed by atoms with van der Waals surface area (Å²) in [6.07, 6.45) is -0.517. The molecule has 3 N–H and O–H groups in total. The van der Waals surface area contributed by atoms with Crippen molar-refractivity contribution in [2.75, 3.05) is 30.3 Å². The molecule has 27 heavy (non-hydrogen) atoms. The fourth-order valence-corrected chi connectivity index (χ4v) is 3.60. The number of benzene rings is 2. The quantitative estimate of drug-likeness (QED) is 0.598. The van der Waals surface area contributed by atoms with Gasteiger partial charge in [0.25, 0.3) is 0 Å². The van der Waals surface area contributed by atoms with E-state index in [9.17, 15) is 9.59 Å². The first-order valence-electron chi connectivity index (χ1n) is 8.42. The maximum absolute atomic E-state index is 12.3. The molecule has 1 heterocycles. The summed E-state index contributed by atoms with van der Waals surface area (Å²) in [5.74, 6) is -1.53. The number of nitrogen functional groups attached to an aromatic ring is 1. The third-order valence-corrected chi connectivity index (χ3v) is 5.08. The average molecular weight is 408 g/mol. The van der Waals surface area contributed by atoms with Crippen LogP contribution in [0.1, 0.15) is 18.0 Å². The van der Waals surface area contributed by atoms with Crippen LogP contribution in [-0.4, -0.2) is 41.5 Å². The lowest BCUT2D eigenvalue weighted by Gasteiger charge is -2.43. The Bertz CT molecular complexity index is 858. The van der Waals surface area contributed by atoms with E-state index in [0.717, 1.165) is 11.3 Å². The van der Waals surface area contributed by atoms with Crippen molar-refractivity contribution < 1.29 is 14.7 Å². The average Bonchev–Trinajstić information content (AvgIpc) is 2.61. The number of carbonyl (C=O) groups is 2. The van der Waals surface area contributed by atoms with Crippen LogP contribution in [0.2, 0.25) is 10.0 Å². The van der Waals surface area contributed by atoms with Gasteiger partial charge in [0.2, 0.25) is 5.91 Å². The molecule has 0 saturated carbocycles. The van der Waals surface area contributed by atoms with Gasteiger partial charge in [0, 0.05) is 29.7 Å². The molecule has 0 aromatic heterocycles. The van der Waals surface area contributed by atoms with E-state index in [-0.39, 0.29) is 6.04 Å². The molecule has 0 radical (unpaired) electrons. The molecule has 6 nitrogen and oxygen atoms in total. The molecule has 1 unspecified atom stereocenters. The summed E-state index contributed by atoms with van der Waals surface area (Å²) in [7, 11) is 0. The number of carboxylic acids is 1. The Hall–Kier alpha value is -2.44. The van der Waals surface area contributed by atoms with Crippen molar-refractivity contribution in [2.24, 2.45) is 0 Å². The number of piperazine rings is 1. The monoisotopic (exact) mass is 407 g/mol. The van der Waals surface area contributed by atoms with Crippen molar-refractivity contribution in [3.8, 4) is 0 Å². The Morgan fingerprint density at radius 3 is 2.37 bits per heavy atom. The van der Waals surface area contributed by atoms with E-state index in [4.69, 9.17) is 34.0 Å². The third-order valence-electron chi connectivity index (χ3n) is 4.59. The van der Waals surface area contributed by atoms with E-state index < -0.39 is 18.3 Å². The van der Waals surface area contributed by atoms with Gasteiger partial charge >= 0.3 is 5.97 Å². The first-order chi connectivity index (χ1) is 12.8. The van der Waals surface area contributed by atoms with Gasteiger partial charge in [-0.1, -0.05) is 35.3 Å². The van der Waals surface area contributed by atoms with Gasteiger partial charge in [0.1, 0.15) is 6.42 Å². The zero-order chi connectivity index (χ0) is 19.6. The summed E-state index contributed by atoms with van der Waals surface area (Å²) in [6, 6.07) is 12.5. The molecule has 0 spiro atoms. The number of aliphatic carboxylic acids is 1. The number of carbonyl (C=O) groups excluding carboxylic acids is 1. The van der Waals surface area contributed by atoms with E-state index in [2.05, 4.69) is 4.90 Å². The molecule has 2 aromatic carbocycles. The highest BCUT2D eigenvalue weighted by molar-refractivity contribution is 6.31. The topological polar surface area (TPSA) is 86.9 Å². The van der Waals surface area contributed by atoms with Crippen LogP contribution in [-0.2, 0) is 9.59 Å². The Morgan fingerprint density at radius 2 is 1.74 bits per heavy atom. The molecule has 8 heteroatoms. The van der Waals surface area contributed by atoms with Crippen LogP contribution in [0, 0.1) is 0 Å². The number of hydrogen-bond donors (Lipinski definition) is 2. The Balaban J connectivity index is 1.93. The highest BCUT2D eigenvalue weighted by atomic mass is 35.5. The molecule has 1 atom stereocenters. The normalized spacial score (nSPS) is 17.0. The summed E-state index contributed by atoms with van der Waals surface area (Å²) in [4.78, 5) is 26.8. The first-order valence-corrected chi connectivity index (χ1v) is 9.17. The van der Waals surface area contributed by atoms with Crippen molar-refractivity contribution in [1.82, 2.24) is 4.90 Å². The van der Waals surface area contributed by atoms with Gasteiger partial charge in [-0.25, -0.2) is 0 Å². The van der Waals surface area contributed by atoms with E-state index in [1.807, 2.05) is 18.2 Å². The summed E-state index contributed by atoms with van der Waals surface area (Å²) in [5, 5.41) is 10.1. The molecule has 3 rings (SSSR count). The van der Waals surface area contributed by atoms with E-state index in [1.54, 1.807) is 29.2 Å². The van der Waals surface area contributed by atoms with Crippen molar-refractivity contribution in [2.45, 2.75) is 12.5 Å². The molecule has 2 aromatic rings. The van der Waals surface area contributed by atoms with Crippen molar-refractivity contribution in [3.05, 3.63) is 58.1 Å². The van der Waals surface area contributed by atoms with E-state index >= 15 is 0 Å². The third kappa shape index (κ3) is 4.46. The number of amides is 1. The highest BCUT2D eigenvalue weighted by Gasteiger charge is 2.32. The maximum atomic E-state index is 12.3. The molecular weight excluding hydrogens is 389 g/mol. The number of hydrogen-bond acceptors (Lipinski definition) is 4. The molecule has 1 fully saturated rings. The van der Waals surface area contributed by atoms with E-state index in [1.165, 1.54) is 0 Å². The van der Waals surface area contributed by atoms with Gasteiger partial charge in [-0.05, 0) is 35.9 Å². The van der Waals surface area contributed by atoms with Crippen LogP contribution in [0.25, 0.3) is 0 Å². The standard InChI is InChI=1S/C19H19Cl2N3O3/c20-13-3-1-12(2-4-13)17-11-23(18(25)10-19(26)27)7-8-24(17)16-6-5-14(21)9-15(16)22/h1-6,9,17H,7-8,10-11,22H2,(H,26,27). The van der Waals surface area contributed by atoms with Crippen LogP contribution in [0.15, 0.2) is 42.5 Å². The molecule has 0 aliphatic carbocycles. The van der Waals surface area contributed by atoms with Crippen LogP contribution in [0.4, 0.5) is 11.4 Å². The predicted octanol–water partition coefficient (Wildman–Crippen LogP) is 3.44.